The molecule has 102 valence electrons. The Labute approximate surface area is 116 Å². The number of nitrogens with one attached hydrogen (secondary N) is 1. The second kappa shape index (κ2) is 6.63. The molecule has 5 heteroatoms. The van der Waals surface area contributed by atoms with Crippen molar-refractivity contribution in [2.75, 3.05) is 13.7 Å². The zero-order valence-corrected chi connectivity index (χ0v) is 11.8. The summed E-state index contributed by atoms with van der Waals surface area (Å²) in [5.41, 5.74) is 0.651. The highest BCUT2D eigenvalue weighted by atomic mass is 32.1. The van der Waals surface area contributed by atoms with Crippen LogP contribution in [0.5, 0.6) is 5.75 Å². The van der Waals surface area contributed by atoms with Crippen molar-refractivity contribution in [3.8, 4) is 5.75 Å². The van der Waals surface area contributed by atoms with E-state index in [2.05, 4.69) is 10.3 Å². The Morgan fingerprint density at radius 2 is 2.32 bits per heavy atom. The Hall–Kier alpha value is -1.46. The Morgan fingerprint density at radius 1 is 1.47 bits per heavy atom. The summed E-state index contributed by atoms with van der Waals surface area (Å²) < 4.78 is 19.1. The topological polar surface area (TPSA) is 34.2 Å². The lowest BCUT2D eigenvalue weighted by atomic mass is 10.0. The van der Waals surface area contributed by atoms with E-state index in [1.54, 1.807) is 29.7 Å². The van der Waals surface area contributed by atoms with Gasteiger partial charge in [0.15, 0.2) is 0 Å². The molecule has 0 amide bonds. The van der Waals surface area contributed by atoms with Gasteiger partial charge in [0.25, 0.3) is 0 Å². The van der Waals surface area contributed by atoms with Crippen LogP contribution < -0.4 is 10.1 Å². The van der Waals surface area contributed by atoms with Crippen LogP contribution in [0.1, 0.15) is 23.5 Å². The van der Waals surface area contributed by atoms with E-state index < -0.39 is 0 Å². The van der Waals surface area contributed by atoms with Crippen LogP contribution in [0.2, 0.25) is 0 Å². The molecule has 0 spiro atoms. The monoisotopic (exact) mass is 280 g/mol. The molecule has 0 aliphatic carbocycles. The van der Waals surface area contributed by atoms with E-state index >= 15 is 0 Å². The van der Waals surface area contributed by atoms with Gasteiger partial charge < -0.3 is 10.1 Å². The summed E-state index contributed by atoms with van der Waals surface area (Å²) in [5, 5.41) is 6.24. The molecule has 1 heterocycles. The van der Waals surface area contributed by atoms with Gasteiger partial charge in [0.1, 0.15) is 11.6 Å². The summed E-state index contributed by atoms with van der Waals surface area (Å²) in [5.74, 6) is 0.285. The van der Waals surface area contributed by atoms with Crippen LogP contribution in [0.3, 0.4) is 0 Å². The minimum atomic E-state index is -0.248. The molecule has 2 aromatic rings. The highest BCUT2D eigenvalue weighted by Gasteiger charge is 2.17. The normalized spacial score (nSPS) is 12.4. The van der Waals surface area contributed by atoms with Crippen molar-refractivity contribution in [1.29, 1.82) is 0 Å². The number of aromatic nitrogens is 1. The maximum absolute atomic E-state index is 14.1. The second-order valence-corrected chi connectivity index (χ2v) is 5.11. The first kappa shape index (κ1) is 14.0. The summed E-state index contributed by atoms with van der Waals surface area (Å²) in [6, 6.07) is 4.91. The molecule has 0 fully saturated rings. The molecular formula is C14H17FN2OS. The lowest BCUT2D eigenvalue weighted by Crippen LogP contribution is -2.23. The van der Waals surface area contributed by atoms with Gasteiger partial charge in [0.05, 0.1) is 12.1 Å². The van der Waals surface area contributed by atoms with E-state index in [1.807, 2.05) is 12.3 Å². The number of halogens is 1. The van der Waals surface area contributed by atoms with E-state index in [1.165, 1.54) is 13.2 Å². The third-order valence-electron chi connectivity index (χ3n) is 2.90. The summed E-state index contributed by atoms with van der Waals surface area (Å²) in [6.07, 6.45) is 2.46. The van der Waals surface area contributed by atoms with Crippen molar-refractivity contribution >= 4 is 11.3 Å². The standard InChI is InChI=1S/C14H17FN2OS/c1-3-16-13(9-14-17-6-7-19-14)11-5-4-10(18-2)8-12(11)15/h4-8,13,16H,3,9H2,1-2H3. The molecule has 1 unspecified atom stereocenters. The summed E-state index contributed by atoms with van der Waals surface area (Å²) >= 11 is 1.59. The quantitative estimate of drug-likeness (QED) is 0.882. The Morgan fingerprint density at radius 3 is 2.89 bits per heavy atom. The molecule has 1 atom stereocenters. The fraction of sp³-hybridized carbons (Fsp3) is 0.357. The fourth-order valence-corrected chi connectivity index (χ4v) is 2.65. The van der Waals surface area contributed by atoms with Crippen LogP contribution in [0.15, 0.2) is 29.8 Å². The first-order valence-corrected chi connectivity index (χ1v) is 7.07. The smallest absolute Gasteiger partial charge is 0.131 e. The third kappa shape index (κ3) is 3.52. The van der Waals surface area contributed by atoms with Gasteiger partial charge in [-0.2, -0.15) is 0 Å². The van der Waals surface area contributed by atoms with Crippen LogP contribution in [0.25, 0.3) is 0 Å². The van der Waals surface area contributed by atoms with Crippen LogP contribution >= 0.6 is 11.3 Å². The van der Waals surface area contributed by atoms with Crippen molar-refractivity contribution in [3.63, 3.8) is 0 Å². The molecule has 3 nitrogen and oxygen atoms in total. The third-order valence-corrected chi connectivity index (χ3v) is 3.70. The molecule has 0 radical (unpaired) electrons. The van der Waals surface area contributed by atoms with Crippen LogP contribution in [0.4, 0.5) is 4.39 Å². The highest BCUT2D eigenvalue weighted by Crippen LogP contribution is 2.25. The van der Waals surface area contributed by atoms with Gasteiger partial charge >= 0.3 is 0 Å². The van der Waals surface area contributed by atoms with Crippen molar-refractivity contribution in [1.82, 2.24) is 10.3 Å². The first-order chi connectivity index (χ1) is 9.24. The van der Waals surface area contributed by atoms with Crippen LogP contribution in [-0.2, 0) is 6.42 Å². The Bertz CT molecular complexity index is 516. The zero-order valence-electron chi connectivity index (χ0n) is 11.0. The minimum absolute atomic E-state index is 0.0675. The summed E-state index contributed by atoms with van der Waals surface area (Å²) in [4.78, 5) is 4.26. The predicted molar refractivity (Wildman–Crippen MR) is 75.2 cm³/mol. The van der Waals surface area contributed by atoms with Crippen LogP contribution in [0, 0.1) is 5.82 Å². The van der Waals surface area contributed by atoms with Gasteiger partial charge in [-0.05, 0) is 12.6 Å². The molecule has 0 aliphatic heterocycles. The van der Waals surface area contributed by atoms with Crippen molar-refractivity contribution in [3.05, 3.63) is 46.2 Å². The zero-order chi connectivity index (χ0) is 13.7. The van der Waals surface area contributed by atoms with Gasteiger partial charge in [-0.1, -0.05) is 13.0 Å². The molecule has 0 bridgehead atoms. The molecule has 0 saturated heterocycles. The molecule has 2 rings (SSSR count). The number of likely N-dealkylation sites (N-methyl/N-ethyl adjacent to an activating group) is 1. The first-order valence-electron chi connectivity index (χ1n) is 6.19. The summed E-state index contributed by atoms with van der Waals surface area (Å²) in [7, 11) is 1.53. The number of rotatable bonds is 6. The largest absolute Gasteiger partial charge is 0.497 e. The lowest BCUT2D eigenvalue weighted by Gasteiger charge is -2.18. The fourth-order valence-electron chi connectivity index (χ4n) is 1.98. The number of hydrogen-bond acceptors (Lipinski definition) is 4. The summed E-state index contributed by atoms with van der Waals surface area (Å²) in [6.45, 7) is 2.79. The molecule has 19 heavy (non-hydrogen) atoms. The average Bonchev–Trinajstić information content (AvgIpc) is 2.91. The van der Waals surface area contributed by atoms with Crippen LogP contribution in [-0.4, -0.2) is 18.6 Å². The van der Waals surface area contributed by atoms with E-state index in [0.717, 1.165) is 11.6 Å². The number of thiazole rings is 1. The maximum Gasteiger partial charge on any atom is 0.131 e. The Kier molecular flexibility index (Phi) is 4.87. The SMILES string of the molecule is CCNC(Cc1nccs1)c1ccc(OC)cc1F. The molecule has 0 saturated carbocycles. The number of nitrogens with zero attached hydrogens (tertiary/aromatic N) is 1. The number of methoxy groups -OCH3 is 1. The van der Waals surface area contributed by atoms with Crippen molar-refractivity contribution in [2.45, 2.75) is 19.4 Å². The van der Waals surface area contributed by atoms with E-state index in [4.69, 9.17) is 4.74 Å². The highest BCUT2D eigenvalue weighted by molar-refractivity contribution is 7.09. The lowest BCUT2D eigenvalue weighted by molar-refractivity contribution is 0.409. The van der Waals surface area contributed by atoms with Crippen molar-refractivity contribution in [2.24, 2.45) is 0 Å². The molecule has 1 aromatic heterocycles. The molecular weight excluding hydrogens is 263 g/mol. The van der Waals surface area contributed by atoms with Crippen molar-refractivity contribution < 1.29 is 9.13 Å². The predicted octanol–water partition coefficient (Wildman–Crippen LogP) is 3.18. The average molecular weight is 280 g/mol. The molecule has 1 N–H and O–H groups in total. The number of ether oxygens (including phenoxy) is 1. The van der Waals surface area contributed by atoms with E-state index in [0.29, 0.717) is 17.7 Å². The molecule has 1 aromatic carbocycles. The van der Waals surface area contributed by atoms with Gasteiger partial charge in [-0.25, -0.2) is 9.37 Å². The second-order valence-electron chi connectivity index (χ2n) is 4.13. The van der Waals surface area contributed by atoms with Gasteiger partial charge in [0.2, 0.25) is 0 Å². The number of hydrogen-bond donors (Lipinski definition) is 1. The van der Waals surface area contributed by atoms with Gasteiger partial charge in [-0.3, -0.25) is 0 Å². The van der Waals surface area contributed by atoms with Gasteiger partial charge in [0, 0.05) is 35.7 Å². The Balaban J connectivity index is 2.23. The van der Waals surface area contributed by atoms with E-state index in [9.17, 15) is 4.39 Å². The maximum atomic E-state index is 14.1. The minimum Gasteiger partial charge on any atom is -0.497 e. The molecule has 0 aliphatic rings. The van der Waals surface area contributed by atoms with Gasteiger partial charge in [-0.15, -0.1) is 11.3 Å². The van der Waals surface area contributed by atoms with E-state index in [-0.39, 0.29) is 11.9 Å². The number of benzene rings is 1.